The molecule has 0 N–H and O–H groups in total. The van der Waals surface area contributed by atoms with E-state index in [0.29, 0.717) is 0 Å². The van der Waals surface area contributed by atoms with Crippen LogP contribution in [0.5, 0.6) is 0 Å². The number of benzene rings is 3. The maximum absolute atomic E-state index is 2.34. The monoisotopic (exact) mass is 265 g/mol. The average Bonchev–Trinajstić information content (AvgIpc) is 2.47. The zero-order chi connectivity index (χ0) is 13.1. The molecule has 1 heteroatoms. The Morgan fingerprint density at radius 3 is 2.26 bits per heavy atom. The molecular weight excluding hydrogens is 248 g/mol. The molecule has 0 aliphatic carbocycles. The summed E-state index contributed by atoms with van der Waals surface area (Å²) in [4.78, 5) is 1.47. The fourth-order valence-corrected chi connectivity index (χ4v) is 4.12. The van der Waals surface area contributed by atoms with E-state index in [9.17, 15) is 0 Å². The van der Waals surface area contributed by atoms with E-state index in [1.807, 2.05) is 0 Å². The van der Waals surface area contributed by atoms with Gasteiger partial charge in [-0.2, -0.15) is 0 Å². The van der Waals surface area contributed by atoms with Crippen LogP contribution in [0.3, 0.4) is 0 Å². The Morgan fingerprint density at radius 1 is 0.737 bits per heavy atom. The lowest BCUT2D eigenvalue weighted by atomic mass is 10.1. The van der Waals surface area contributed by atoms with Crippen molar-refractivity contribution in [3.05, 3.63) is 78.4 Å². The van der Waals surface area contributed by atoms with Crippen LogP contribution < -0.4 is 0 Å². The van der Waals surface area contributed by atoms with Crippen LogP contribution in [-0.2, 0) is 16.6 Å². The molecule has 1 unspecified atom stereocenters. The number of hydrogen-bond donors (Lipinski definition) is 0. The van der Waals surface area contributed by atoms with Crippen LogP contribution in [0.2, 0.25) is 0 Å². The van der Waals surface area contributed by atoms with E-state index in [4.69, 9.17) is 0 Å². The molecule has 3 aromatic carbocycles. The average molecular weight is 265 g/mol. The van der Waals surface area contributed by atoms with Gasteiger partial charge in [-0.15, -0.1) is 0 Å². The maximum atomic E-state index is 2.34. The number of hydrogen-bond acceptors (Lipinski definition) is 0. The molecule has 0 heterocycles. The van der Waals surface area contributed by atoms with Crippen LogP contribution >= 0.6 is 0 Å². The van der Waals surface area contributed by atoms with Crippen molar-refractivity contribution in [2.75, 3.05) is 6.26 Å². The topological polar surface area (TPSA) is 0 Å². The molecule has 0 radical (unpaired) electrons. The van der Waals surface area contributed by atoms with Crippen LogP contribution in [0.1, 0.15) is 5.56 Å². The normalized spacial score (nSPS) is 12.5. The first-order valence-electron chi connectivity index (χ1n) is 6.49. The second kappa shape index (κ2) is 5.50. The fraction of sp³-hybridized carbons (Fsp3) is 0.111. The second-order valence-electron chi connectivity index (χ2n) is 4.74. The van der Waals surface area contributed by atoms with E-state index in [2.05, 4.69) is 79.1 Å². The van der Waals surface area contributed by atoms with Gasteiger partial charge in [0.25, 0.3) is 0 Å². The van der Waals surface area contributed by atoms with Gasteiger partial charge < -0.3 is 0 Å². The van der Waals surface area contributed by atoms with Crippen LogP contribution in [0.25, 0.3) is 10.8 Å². The SMILES string of the molecule is C[S+](Cc1ccccc1)c1cccc2ccccc12. The van der Waals surface area contributed by atoms with Crippen molar-refractivity contribution in [1.82, 2.24) is 0 Å². The van der Waals surface area contributed by atoms with E-state index in [1.165, 1.54) is 21.2 Å². The molecule has 0 bridgehead atoms. The summed E-state index contributed by atoms with van der Waals surface area (Å²) >= 11 is 0. The van der Waals surface area contributed by atoms with Gasteiger partial charge in [-0.1, -0.05) is 60.7 Å². The van der Waals surface area contributed by atoms with Crippen LogP contribution in [-0.4, -0.2) is 6.26 Å². The first kappa shape index (κ1) is 12.3. The maximum Gasteiger partial charge on any atom is 0.162 e. The largest absolute Gasteiger partial charge is 0.162 e. The molecule has 0 saturated carbocycles. The van der Waals surface area contributed by atoms with Crippen LogP contribution in [0.4, 0.5) is 0 Å². The molecule has 0 amide bonds. The predicted octanol–water partition coefficient (Wildman–Crippen LogP) is 4.65. The van der Waals surface area contributed by atoms with Gasteiger partial charge in [0.1, 0.15) is 12.0 Å². The Morgan fingerprint density at radius 2 is 1.42 bits per heavy atom. The fourth-order valence-electron chi connectivity index (χ4n) is 2.40. The molecule has 3 aromatic rings. The van der Waals surface area contributed by atoms with E-state index in [-0.39, 0.29) is 10.9 Å². The molecule has 0 aliphatic rings. The van der Waals surface area contributed by atoms with E-state index in [0.717, 1.165) is 5.75 Å². The quantitative estimate of drug-likeness (QED) is 0.605. The van der Waals surface area contributed by atoms with Crippen molar-refractivity contribution in [3.63, 3.8) is 0 Å². The molecule has 94 valence electrons. The highest BCUT2D eigenvalue weighted by Crippen LogP contribution is 2.25. The number of fused-ring (bicyclic) bond motifs is 1. The third kappa shape index (κ3) is 2.66. The molecule has 0 aromatic heterocycles. The van der Waals surface area contributed by atoms with E-state index in [1.54, 1.807) is 0 Å². The molecule has 3 rings (SSSR count). The highest BCUT2D eigenvalue weighted by atomic mass is 32.2. The van der Waals surface area contributed by atoms with Crippen molar-refractivity contribution in [2.24, 2.45) is 0 Å². The summed E-state index contributed by atoms with van der Waals surface area (Å²) in [5.74, 6) is 1.12. The van der Waals surface area contributed by atoms with Gasteiger partial charge in [-0.05, 0) is 17.5 Å². The zero-order valence-corrected chi connectivity index (χ0v) is 11.9. The lowest BCUT2D eigenvalue weighted by molar-refractivity contribution is 1.38. The van der Waals surface area contributed by atoms with Gasteiger partial charge in [-0.25, -0.2) is 0 Å². The molecule has 19 heavy (non-hydrogen) atoms. The van der Waals surface area contributed by atoms with Crippen LogP contribution in [0.15, 0.2) is 77.7 Å². The Bertz CT molecular complexity index is 668. The van der Waals surface area contributed by atoms with Gasteiger partial charge in [0.2, 0.25) is 0 Å². The summed E-state index contributed by atoms with van der Waals surface area (Å²) in [6.07, 6.45) is 2.34. The Hall–Kier alpha value is -1.73. The van der Waals surface area contributed by atoms with Crippen molar-refractivity contribution in [3.8, 4) is 0 Å². The predicted molar refractivity (Wildman–Crippen MR) is 85.6 cm³/mol. The minimum absolute atomic E-state index is 0.241. The van der Waals surface area contributed by atoms with Gasteiger partial charge in [-0.3, -0.25) is 0 Å². The van der Waals surface area contributed by atoms with Crippen molar-refractivity contribution >= 4 is 21.7 Å². The molecule has 0 saturated heterocycles. The van der Waals surface area contributed by atoms with Crippen LogP contribution in [0, 0.1) is 0 Å². The Labute approximate surface area is 117 Å². The summed E-state index contributed by atoms with van der Waals surface area (Å²) < 4.78 is 0. The van der Waals surface area contributed by atoms with E-state index >= 15 is 0 Å². The summed E-state index contributed by atoms with van der Waals surface area (Å²) in [6, 6.07) is 26.1. The Kier molecular flexibility index (Phi) is 3.56. The molecule has 0 spiro atoms. The first-order chi connectivity index (χ1) is 9.34. The molecular formula is C18H17S+. The van der Waals surface area contributed by atoms with Crippen molar-refractivity contribution < 1.29 is 0 Å². The van der Waals surface area contributed by atoms with Gasteiger partial charge in [0.05, 0.1) is 0 Å². The molecule has 0 nitrogen and oxygen atoms in total. The number of rotatable bonds is 3. The Balaban J connectivity index is 1.96. The standard InChI is InChI=1S/C18H17S/c1-19(14-15-8-3-2-4-9-15)18-13-7-11-16-10-5-6-12-17(16)18/h2-13H,14H2,1H3/q+1. The van der Waals surface area contributed by atoms with E-state index < -0.39 is 0 Å². The first-order valence-corrected chi connectivity index (χ1v) is 8.29. The lowest BCUT2D eigenvalue weighted by Crippen LogP contribution is -2.04. The van der Waals surface area contributed by atoms with Gasteiger partial charge >= 0.3 is 0 Å². The van der Waals surface area contributed by atoms with Gasteiger partial charge in [0, 0.05) is 21.8 Å². The summed E-state index contributed by atoms with van der Waals surface area (Å²) in [5.41, 5.74) is 1.42. The molecule has 0 aliphatic heterocycles. The minimum Gasteiger partial charge on any atom is -0.0622 e. The minimum atomic E-state index is 0.241. The summed E-state index contributed by atoms with van der Waals surface area (Å²) in [6.45, 7) is 0. The van der Waals surface area contributed by atoms with Crippen molar-refractivity contribution in [1.29, 1.82) is 0 Å². The van der Waals surface area contributed by atoms with Crippen molar-refractivity contribution in [2.45, 2.75) is 10.6 Å². The highest BCUT2D eigenvalue weighted by Gasteiger charge is 2.18. The lowest BCUT2D eigenvalue weighted by Gasteiger charge is -2.06. The summed E-state index contributed by atoms with van der Waals surface area (Å²) in [7, 11) is 0.241. The summed E-state index contributed by atoms with van der Waals surface area (Å²) in [5, 5.41) is 2.74. The third-order valence-corrected chi connectivity index (χ3v) is 5.22. The molecule has 0 fully saturated rings. The van der Waals surface area contributed by atoms with Gasteiger partial charge in [0.15, 0.2) is 4.90 Å². The second-order valence-corrected chi connectivity index (χ2v) is 6.75. The molecule has 1 atom stereocenters. The smallest absolute Gasteiger partial charge is 0.0622 e. The third-order valence-electron chi connectivity index (χ3n) is 3.35. The zero-order valence-electron chi connectivity index (χ0n) is 11.0. The highest BCUT2D eigenvalue weighted by molar-refractivity contribution is 7.95.